The molecule has 0 bridgehead atoms. The number of phosphoric acid groups is 1. The van der Waals surface area contributed by atoms with Crippen LogP contribution in [0.3, 0.4) is 0 Å². The van der Waals surface area contributed by atoms with E-state index in [1.807, 2.05) is 0 Å². The van der Waals surface area contributed by atoms with Crippen molar-refractivity contribution >= 4 is 23.5 Å². The minimum absolute atomic E-state index is 0.172. The molecule has 128 valence electrons. The second-order valence-corrected chi connectivity index (χ2v) is 6.94. The predicted octanol–water partition coefficient (Wildman–Crippen LogP) is -0.283. The summed E-state index contributed by atoms with van der Waals surface area (Å²) in [6.45, 7) is 0.0270. The first-order valence-electron chi connectivity index (χ1n) is 7.34. The Morgan fingerprint density at radius 3 is 2.22 bits per heavy atom. The minimum Gasteiger partial charge on any atom is -0.382 e. The molecule has 0 amide bonds. The predicted molar refractivity (Wildman–Crippen MR) is 81.4 cm³/mol. The summed E-state index contributed by atoms with van der Waals surface area (Å²) >= 11 is 0. The van der Waals surface area contributed by atoms with E-state index in [-0.39, 0.29) is 25.7 Å². The molecule has 2 fully saturated rings. The summed E-state index contributed by atoms with van der Waals surface area (Å²) in [5, 5.41) is 0. The van der Waals surface area contributed by atoms with Gasteiger partial charge in [-0.3, -0.25) is 9.05 Å². The van der Waals surface area contributed by atoms with E-state index in [0.29, 0.717) is 6.42 Å². The highest BCUT2D eigenvalue weighted by molar-refractivity contribution is 7.47. The molecule has 0 aromatic heterocycles. The van der Waals surface area contributed by atoms with Crippen LogP contribution in [0.1, 0.15) is 12.8 Å². The van der Waals surface area contributed by atoms with E-state index < -0.39 is 38.1 Å². The molecule has 0 saturated carbocycles. The highest BCUT2D eigenvalue weighted by Crippen LogP contribution is 2.47. The molecule has 1 N–H and O–H groups in total. The van der Waals surface area contributed by atoms with Crippen molar-refractivity contribution in [2.75, 3.05) is 27.4 Å². The van der Waals surface area contributed by atoms with Gasteiger partial charge in [-0.15, -0.1) is 0 Å². The van der Waals surface area contributed by atoms with Crippen LogP contribution in [0.4, 0.5) is 0 Å². The van der Waals surface area contributed by atoms with E-state index >= 15 is 0 Å². The second kappa shape index (κ2) is 8.45. The van der Waals surface area contributed by atoms with Crippen LogP contribution in [-0.4, -0.2) is 84.4 Å². The number of hydrogen-bond donors (Lipinski definition) is 1. The van der Waals surface area contributed by atoms with Crippen LogP contribution in [0.5, 0.6) is 0 Å². The van der Waals surface area contributed by atoms with Gasteiger partial charge in [0.2, 0.25) is 0 Å². The Labute approximate surface area is 138 Å². The van der Waals surface area contributed by atoms with E-state index in [9.17, 15) is 9.46 Å². The van der Waals surface area contributed by atoms with Crippen LogP contribution in [0.25, 0.3) is 0 Å². The van der Waals surface area contributed by atoms with Gasteiger partial charge in [0, 0.05) is 26.2 Å². The number of phosphoric ester groups is 1. The first-order valence-corrected chi connectivity index (χ1v) is 8.83. The normalized spacial score (nSPS) is 40.3. The van der Waals surface area contributed by atoms with Gasteiger partial charge in [0.15, 0.2) is 0 Å². The molecule has 0 aliphatic carbocycles. The van der Waals surface area contributed by atoms with Gasteiger partial charge in [-0.1, -0.05) is 0 Å². The molecule has 4 radical (unpaired) electrons. The van der Waals surface area contributed by atoms with Crippen LogP contribution in [0.15, 0.2) is 0 Å². The Morgan fingerprint density at radius 1 is 1.09 bits per heavy atom. The van der Waals surface area contributed by atoms with E-state index in [0.717, 1.165) is 0 Å². The molecule has 0 spiro atoms. The van der Waals surface area contributed by atoms with Gasteiger partial charge < -0.3 is 23.8 Å². The molecule has 0 aromatic carbocycles. The summed E-state index contributed by atoms with van der Waals surface area (Å²) in [4.78, 5) is 9.88. The van der Waals surface area contributed by atoms with Crippen molar-refractivity contribution in [2.24, 2.45) is 0 Å². The third kappa shape index (κ3) is 5.54. The average Bonchev–Trinajstić information content (AvgIpc) is 2.99. The first-order chi connectivity index (χ1) is 10.8. The Balaban J connectivity index is 1.85. The highest BCUT2D eigenvalue weighted by atomic mass is 31.2. The van der Waals surface area contributed by atoms with Crippen molar-refractivity contribution in [1.29, 1.82) is 0 Å². The van der Waals surface area contributed by atoms with E-state index in [1.165, 1.54) is 14.2 Å². The molecule has 2 heterocycles. The van der Waals surface area contributed by atoms with Crippen LogP contribution in [0, 0.1) is 0 Å². The lowest BCUT2D eigenvalue weighted by Crippen LogP contribution is -2.30. The Kier molecular flexibility index (Phi) is 7.13. The zero-order chi connectivity index (χ0) is 17.0. The Bertz CT molecular complexity index is 428. The smallest absolute Gasteiger partial charge is 0.382 e. The van der Waals surface area contributed by atoms with Gasteiger partial charge in [-0.25, -0.2) is 4.57 Å². The van der Waals surface area contributed by atoms with Crippen molar-refractivity contribution in [3.8, 4) is 0 Å². The van der Waals surface area contributed by atoms with Crippen LogP contribution in [-0.2, 0) is 32.6 Å². The fraction of sp³-hybridized carbons (Fsp3) is 1.00. The lowest BCUT2D eigenvalue weighted by atomic mass is 9.96. The minimum atomic E-state index is -4.31. The average molecular weight is 346 g/mol. The van der Waals surface area contributed by atoms with Gasteiger partial charge in [0.05, 0.1) is 25.4 Å². The maximum atomic E-state index is 12.1. The van der Waals surface area contributed by atoms with Crippen molar-refractivity contribution in [2.45, 2.75) is 49.3 Å². The van der Waals surface area contributed by atoms with Crippen molar-refractivity contribution in [3.05, 3.63) is 0 Å². The quantitative estimate of drug-likeness (QED) is 0.474. The zero-order valence-electron chi connectivity index (χ0n) is 13.2. The number of methoxy groups -OCH3 is 2. The second-order valence-electron chi connectivity index (χ2n) is 5.54. The van der Waals surface area contributed by atoms with Crippen LogP contribution < -0.4 is 0 Å². The number of rotatable bonds is 8. The summed E-state index contributed by atoms with van der Waals surface area (Å²) in [7, 11) is 10.0. The van der Waals surface area contributed by atoms with Gasteiger partial charge in [-0.2, -0.15) is 0 Å². The summed E-state index contributed by atoms with van der Waals surface area (Å²) in [6.07, 6.45) is -1.28. The summed E-state index contributed by atoms with van der Waals surface area (Å²) in [5.74, 6) is 0. The monoisotopic (exact) mass is 346 g/mol. The van der Waals surface area contributed by atoms with E-state index in [2.05, 4.69) is 0 Å². The maximum absolute atomic E-state index is 12.1. The third-order valence-corrected chi connectivity index (χ3v) is 4.77. The summed E-state index contributed by atoms with van der Waals surface area (Å²) in [5.41, 5.74) is 0. The molecule has 0 aromatic rings. The molecule has 1 unspecified atom stereocenters. The standard InChI is InChI=1S/C12H21B2O8P/c1-17-5-9-8(4-12(14)20-9)22-23(15,16)19-6-10-7(18-2)3-11(13)21-10/h7-12H,3-6H2,1-2H3,(H,15,16)/t7-,8-,9-,10-,11-,12-/m1/s1. The molecule has 7 atom stereocenters. The number of hydrogen-bond acceptors (Lipinski definition) is 7. The Morgan fingerprint density at radius 2 is 1.65 bits per heavy atom. The topological polar surface area (TPSA) is 92.7 Å². The molecule has 11 heteroatoms. The van der Waals surface area contributed by atoms with Crippen molar-refractivity contribution < 1.29 is 37.5 Å². The highest BCUT2D eigenvalue weighted by Gasteiger charge is 2.40. The summed E-state index contributed by atoms with van der Waals surface area (Å²) < 4.78 is 43.2. The molecule has 2 aliphatic rings. The lowest BCUT2D eigenvalue weighted by Gasteiger charge is -2.23. The maximum Gasteiger partial charge on any atom is 0.472 e. The number of ether oxygens (including phenoxy) is 4. The third-order valence-electron chi connectivity index (χ3n) is 3.76. The SMILES string of the molecule is [B][C@H]1C[C@@H](OC)[C@@H](COP(=O)(O)O[C@@H]2C[C@H]([B])O[C@@H]2COC)O1. The molecule has 8 nitrogen and oxygen atoms in total. The zero-order valence-corrected chi connectivity index (χ0v) is 14.1. The fourth-order valence-electron chi connectivity index (χ4n) is 2.68. The molecular weight excluding hydrogens is 325 g/mol. The van der Waals surface area contributed by atoms with Gasteiger partial charge >= 0.3 is 7.82 Å². The van der Waals surface area contributed by atoms with Crippen molar-refractivity contribution in [1.82, 2.24) is 0 Å². The molecular formula is C12H21B2O8P. The fourth-order valence-corrected chi connectivity index (χ4v) is 3.64. The molecule has 23 heavy (non-hydrogen) atoms. The lowest BCUT2D eigenvalue weighted by molar-refractivity contribution is -0.0367. The van der Waals surface area contributed by atoms with E-state index in [4.69, 9.17) is 43.7 Å². The molecule has 2 rings (SSSR count). The van der Waals surface area contributed by atoms with Crippen molar-refractivity contribution in [3.63, 3.8) is 0 Å². The van der Waals surface area contributed by atoms with Gasteiger partial charge in [0.25, 0.3) is 0 Å². The van der Waals surface area contributed by atoms with Gasteiger partial charge in [0.1, 0.15) is 27.9 Å². The Hall–Kier alpha value is 0.0799. The van der Waals surface area contributed by atoms with Crippen LogP contribution >= 0.6 is 7.82 Å². The van der Waals surface area contributed by atoms with E-state index in [1.54, 1.807) is 0 Å². The largest absolute Gasteiger partial charge is 0.472 e. The summed E-state index contributed by atoms with van der Waals surface area (Å²) in [6, 6.07) is -1.06. The molecule has 2 aliphatic heterocycles. The molecule has 2 saturated heterocycles. The van der Waals surface area contributed by atoms with Gasteiger partial charge in [-0.05, 0) is 12.8 Å². The first kappa shape index (κ1) is 19.4. The van der Waals surface area contributed by atoms with Crippen LogP contribution in [0.2, 0.25) is 0 Å².